The van der Waals surface area contributed by atoms with E-state index in [0.29, 0.717) is 17.9 Å². The molecule has 0 bridgehead atoms. The molecule has 7 nitrogen and oxygen atoms in total. The summed E-state index contributed by atoms with van der Waals surface area (Å²) in [5.41, 5.74) is 0.419. The average molecular weight is 390 g/mol. The number of nitrogens with one attached hydrogen (secondary N) is 2. The summed E-state index contributed by atoms with van der Waals surface area (Å²) >= 11 is 0. The number of ether oxygens (including phenoxy) is 2. The third kappa shape index (κ3) is 7.21. The van der Waals surface area contributed by atoms with Crippen molar-refractivity contribution >= 4 is 17.8 Å². The van der Waals surface area contributed by atoms with E-state index in [0.717, 1.165) is 38.5 Å². The molecule has 28 heavy (non-hydrogen) atoms. The lowest BCUT2D eigenvalue weighted by atomic mass is 10.2. The first-order valence-electron chi connectivity index (χ1n) is 10.0. The lowest BCUT2D eigenvalue weighted by Gasteiger charge is -2.17. The van der Waals surface area contributed by atoms with Crippen LogP contribution in [0.15, 0.2) is 24.3 Å². The summed E-state index contributed by atoms with van der Waals surface area (Å²) in [6, 6.07) is 6.89. The van der Waals surface area contributed by atoms with Gasteiger partial charge in [-0.15, -0.1) is 0 Å². The number of rotatable bonds is 10. The highest BCUT2D eigenvalue weighted by Crippen LogP contribution is 2.17. The summed E-state index contributed by atoms with van der Waals surface area (Å²) in [7, 11) is 0. The van der Waals surface area contributed by atoms with Gasteiger partial charge in [0.05, 0.1) is 6.61 Å². The van der Waals surface area contributed by atoms with Crippen LogP contribution in [0.2, 0.25) is 0 Å². The van der Waals surface area contributed by atoms with Crippen LogP contribution in [0, 0.1) is 0 Å². The summed E-state index contributed by atoms with van der Waals surface area (Å²) in [4.78, 5) is 36.1. The van der Waals surface area contributed by atoms with E-state index >= 15 is 0 Å². The summed E-state index contributed by atoms with van der Waals surface area (Å²) in [5, 5.41) is 5.38. The molecule has 1 aliphatic carbocycles. The van der Waals surface area contributed by atoms with Gasteiger partial charge in [0.15, 0.2) is 6.10 Å². The van der Waals surface area contributed by atoms with Crippen molar-refractivity contribution in [2.45, 2.75) is 64.5 Å². The number of hydrogen-bond donors (Lipinski definition) is 2. The molecule has 7 heteroatoms. The van der Waals surface area contributed by atoms with Gasteiger partial charge in [-0.2, -0.15) is 0 Å². The molecule has 2 amide bonds. The molecule has 1 fully saturated rings. The van der Waals surface area contributed by atoms with Crippen molar-refractivity contribution < 1.29 is 23.9 Å². The summed E-state index contributed by atoms with van der Waals surface area (Å²) < 4.78 is 10.6. The lowest BCUT2D eigenvalue weighted by molar-refractivity contribution is -0.154. The second-order valence-corrected chi connectivity index (χ2v) is 7.03. The molecule has 0 saturated heterocycles. The van der Waals surface area contributed by atoms with Gasteiger partial charge in [-0.25, -0.2) is 0 Å². The van der Waals surface area contributed by atoms with Crippen molar-refractivity contribution in [1.82, 2.24) is 10.6 Å². The van der Waals surface area contributed by atoms with E-state index in [2.05, 4.69) is 17.6 Å². The fourth-order valence-corrected chi connectivity index (χ4v) is 2.97. The van der Waals surface area contributed by atoms with Crippen molar-refractivity contribution in [2.75, 3.05) is 13.2 Å². The Morgan fingerprint density at radius 1 is 1.14 bits per heavy atom. The Bertz CT molecular complexity index is 653. The molecule has 2 N–H and O–H groups in total. The number of unbranched alkanes of at least 4 members (excludes halogenated alkanes) is 1. The van der Waals surface area contributed by atoms with E-state index in [1.165, 1.54) is 6.92 Å². The molecular formula is C21H30N2O5. The van der Waals surface area contributed by atoms with E-state index in [4.69, 9.17) is 9.47 Å². The fraction of sp³-hybridized carbons (Fsp3) is 0.571. The molecule has 0 spiro atoms. The first-order chi connectivity index (χ1) is 13.5. The second kappa shape index (κ2) is 11.3. The molecule has 1 aliphatic rings. The summed E-state index contributed by atoms with van der Waals surface area (Å²) in [6.07, 6.45) is 5.28. The van der Waals surface area contributed by atoms with Crippen molar-refractivity contribution in [2.24, 2.45) is 0 Å². The molecule has 0 aromatic heterocycles. The van der Waals surface area contributed by atoms with Gasteiger partial charge in [0.25, 0.3) is 11.8 Å². The molecule has 0 radical (unpaired) electrons. The number of carbonyl (C=O) groups is 3. The Morgan fingerprint density at radius 2 is 1.82 bits per heavy atom. The smallest absolute Gasteiger partial charge is 0.326 e. The number of esters is 1. The van der Waals surface area contributed by atoms with Gasteiger partial charge in [0, 0.05) is 11.6 Å². The first-order valence-corrected chi connectivity index (χ1v) is 10.0. The Morgan fingerprint density at radius 3 is 2.46 bits per heavy atom. The Labute approximate surface area is 166 Å². The maximum atomic E-state index is 12.1. The monoisotopic (exact) mass is 390 g/mol. The van der Waals surface area contributed by atoms with Crippen LogP contribution in [0.1, 0.15) is 62.7 Å². The first kappa shape index (κ1) is 21.7. The van der Waals surface area contributed by atoms with E-state index < -0.39 is 12.1 Å². The van der Waals surface area contributed by atoms with Gasteiger partial charge in [0.2, 0.25) is 0 Å². The maximum Gasteiger partial charge on any atom is 0.326 e. The number of carbonyl (C=O) groups excluding carboxylic acids is 3. The predicted octanol–water partition coefficient (Wildman–Crippen LogP) is 2.59. The average Bonchev–Trinajstić information content (AvgIpc) is 3.20. The Hall–Kier alpha value is -2.57. The van der Waals surface area contributed by atoms with Crippen molar-refractivity contribution in [3.8, 4) is 5.75 Å². The molecule has 0 aliphatic heterocycles. The molecule has 1 aromatic carbocycles. The highest BCUT2D eigenvalue weighted by atomic mass is 16.5. The third-order valence-electron chi connectivity index (χ3n) is 4.66. The van der Waals surface area contributed by atoms with Gasteiger partial charge in [-0.3, -0.25) is 14.4 Å². The molecule has 0 unspecified atom stereocenters. The standard InChI is InChI=1S/C21H30N2O5/c1-3-4-13-27-18-11-9-16(10-12-18)21(26)22-14-19(24)28-15(2)20(25)23-17-7-5-6-8-17/h9-12,15,17H,3-8,13-14H2,1-2H3,(H,22,26)(H,23,25)/t15-/m1/s1. The zero-order valence-electron chi connectivity index (χ0n) is 16.7. The predicted molar refractivity (Wildman–Crippen MR) is 105 cm³/mol. The molecular weight excluding hydrogens is 360 g/mol. The minimum absolute atomic E-state index is 0.169. The minimum atomic E-state index is -0.885. The van der Waals surface area contributed by atoms with Crippen molar-refractivity contribution in [1.29, 1.82) is 0 Å². The van der Waals surface area contributed by atoms with Crippen LogP contribution in [-0.2, 0) is 14.3 Å². The van der Waals surface area contributed by atoms with Gasteiger partial charge in [-0.1, -0.05) is 26.2 Å². The van der Waals surface area contributed by atoms with Crippen LogP contribution in [0.4, 0.5) is 0 Å². The second-order valence-electron chi connectivity index (χ2n) is 7.03. The highest BCUT2D eigenvalue weighted by Gasteiger charge is 2.23. The van der Waals surface area contributed by atoms with Crippen molar-refractivity contribution in [3.63, 3.8) is 0 Å². The Balaban J connectivity index is 1.70. The van der Waals surface area contributed by atoms with Gasteiger partial charge >= 0.3 is 5.97 Å². The lowest BCUT2D eigenvalue weighted by Crippen LogP contribution is -2.42. The SMILES string of the molecule is CCCCOc1ccc(C(=O)NCC(=O)O[C@H](C)C(=O)NC2CCCC2)cc1. The molecule has 1 saturated carbocycles. The quantitative estimate of drug-likeness (QED) is 0.473. The molecule has 1 aromatic rings. The molecule has 1 atom stereocenters. The van der Waals surface area contributed by atoms with Gasteiger partial charge in [0.1, 0.15) is 12.3 Å². The van der Waals surface area contributed by atoms with E-state index in [-0.39, 0.29) is 24.4 Å². The van der Waals surface area contributed by atoms with Crippen LogP contribution < -0.4 is 15.4 Å². The Kier molecular flexibility index (Phi) is 8.78. The van der Waals surface area contributed by atoms with E-state index in [1.54, 1.807) is 24.3 Å². The van der Waals surface area contributed by atoms with Crippen LogP contribution in [0.25, 0.3) is 0 Å². The normalized spacial score (nSPS) is 14.9. The molecule has 2 rings (SSSR count). The molecule has 0 heterocycles. The highest BCUT2D eigenvalue weighted by molar-refractivity contribution is 5.96. The van der Waals surface area contributed by atoms with Crippen LogP contribution in [0.5, 0.6) is 5.75 Å². The number of amides is 2. The molecule has 154 valence electrons. The van der Waals surface area contributed by atoms with E-state index in [9.17, 15) is 14.4 Å². The van der Waals surface area contributed by atoms with Gasteiger partial charge < -0.3 is 20.1 Å². The van der Waals surface area contributed by atoms with Gasteiger partial charge in [-0.05, 0) is 50.5 Å². The fourth-order valence-electron chi connectivity index (χ4n) is 2.97. The zero-order valence-corrected chi connectivity index (χ0v) is 16.7. The van der Waals surface area contributed by atoms with Crippen LogP contribution in [0.3, 0.4) is 0 Å². The number of benzene rings is 1. The topological polar surface area (TPSA) is 93.7 Å². The summed E-state index contributed by atoms with van der Waals surface area (Å²) in [5.74, 6) is -0.640. The summed E-state index contributed by atoms with van der Waals surface area (Å²) in [6.45, 7) is 3.96. The largest absolute Gasteiger partial charge is 0.494 e. The van der Waals surface area contributed by atoms with E-state index in [1.807, 2.05) is 0 Å². The van der Waals surface area contributed by atoms with Crippen LogP contribution in [-0.4, -0.2) is 43.1 Å². The van der Waals surface area contributed by atoms with Crippen LogP contribution >= 0.6 is 0 Å². The minimum Gasteiger partial charge on any atom is -0.494 e. The maximum absolute atomic E-state index is 12.1. The number of hydrogen-bond acceptors (Lipinski definition) is 5. The third-order valence-corrected chi connectivity index (χ3v) is 4.66. The van der Waals surface area contributed by atoms with Crippen molar-refractivity contribution in [3.05, 3.63) is 29.8 Å². The zero-order chi connectivity index (χ0) is 20.4.